The zero-order valence-corrected chi connectivity index (χ0v) is 8.14. The zero-order chi connectivity index (χ0) is 10.6. The summed E-state index contributed by atoms with van der Waals surface area (Å²) in [7, 11) is 0. The van der Waals surface area contributed by atoms with Gasteiger partial charge in [-0.05, 0) is 25.0 Å². The molecule has 0 aliphatic rings. The van der Waals surface area contributed by atoms with E-state index in [0.717, 1.165) is 11.1 Å². The van der Waals surface area contributed by atoms with E-state index < -0.39 is 13.7 Å². The molecule has 0 saturated carbocycles. The van der Waals surface area contributed by atoms with Crippen molar-refractivity contribution in [3.8, 4) is 11.5 Å². The van der Waals surface area contributed by atoms with Gasteiger partial charge in [-0.3, -0.25) is 0 Å². The summed E-state index contributed by atoms with van der Waals surface area (Å²) in [5.41, 5.74) is 1.44. The fourth-order valence-electron chi connectivity index (χ4n) is 1.23. The molecule has 2 nitrogen and oxygen atoms in total. The summed E-state index contributed by atoms with van der Waals surface area (Å²) in [6.45, 7) is 1.59. The highest BCUT2D eigenvalue weighted by Gasteiger charge is 2.11. The Bertz CT molecular complexity index is 282. The molecular weight excluding hydrogens is 190 g/mol. The van der Waals surface area contributed by atoms with Gasteiger partial charge in [-0.25, -0.2) is 8.78 Å². The molecule has 1 aromatic rings. The van der Waals surface area contributed by atoms with Gasteiger partial charge in [-0.15, -0.1) is 0 Å². The van der Waals surface area contributed by atoms with Crippen LogP contribution in [0.5, 0.6) is 11.5 Å². The topological polar surface area (TPSA) is 18.5 Å². The summed E-state index contributed by atoms with van der Waals surface area (Å²) < 4.78 is 33.6. The second-order valence-electron chi connectivity index (χ2n) is 2.86. The van der Waals surface area contributed by atoms with Gasteiger partial charge < -0.3 is 9.47 Å². The van der Waals surface area contributed by atoms with Crippen molar-refractivity contribution in [1.82, 2.24) is 0 Å². The van der Waals surface area contributed by atoms with Gasteiger partial charge in [0.25, 0.3) is 0 Å². The lowest BCUT2D eigenvalue weighted by molar-refractivity contribution is 0.156. The van der Waals surface area contributed by atoms with Gasteiger partial charge in [0, 0.05) is 0 Å². The fourth-order valence-corrected chi connectivity index (χ4v) is 1.23. The van der Waals surface area contributed by atoms with Crippen molar-refractivity contribution in [2.75, 3.05) is 13.7 Å². The smallest absolute Gasteiger partial charge is 0.228 e. The third kappa shape index (κ3) is 2.13. The lowest BCUT2D eigenvalue weighted by Crippen LogP contribution is -2.00. The molecule has 1 aromatic carbocycles. The van der Waals surface area contributed by atoms with Crippen LogP contribution in [0.1, 0.15) is 11.1 Å². The third-order valence-electron chi connectivity index (χ3n) is 1.90. The quantitative estimate of drug-likeness (QED) is 0.747. The van der Waals surface area contributed by atoms with Crippen LogP contribution in [-0.4, -0.2) is 13.7 Å². The van der Waals surface area contributed by atoms with Gasteiger partial charge in [-0.1, -0.05) is 12.1 Å². The summed E-state index contributed by atoms with van der Waals surface area (Å²) >= 11 is 0. The Morgan fingerprint density at radius 2 is 1.29 bits per heavy atom. The lowest BCUT2D eigenvalue weighted by atomic mass is 10.1. The van der Waals surface area contributed by atoms with Crippen molar-refractivity contribution in [2.24, 2.45) is 0 Å². The molecule has 0 N–H and O–H groups in total. The van der Waals surface area contributed by atoms with E-state index in [1.807, 2.05) is 0 Å². The van der Waals surface area contributed by atoms with Crippen LogP contribution in [0.3, 0.4) is 0 Å². The molecule has 14 heavy (non-hydrogen) atoms. The Balaban J connectivity index is 3.12. The minimum atomic E-state index is -0.951. The minimum Gasteiger partial charge on any atom is -0.459 e. The number of rotatable bonds is 4. The number of alkyl halides is 2. The van der Waals surface area contributed by atoms with E-state index in [4.69, 9.17) is 9.47 Å². The van der Waals surface area contributed by atoms with Crippen molar-refractivity contribution < 1.29 is 18.3 Å². The van der Waals surface area contributed by atoms with Crippen LogP contribution in [0, 0.1) is 13.8 Å². The predicted molar refractivity (Wildman–Crippen MR) is 49.1 cm³/mol. The largest absolute Gasteiger partial charge is 0.459 e. The van der Waals surface area contributed by atoms with Gasteiger partial charge in [0.2, 0.25) is 13.7 Å². The first-order chi connectivity index (χ1) is 6.70. The molecule has 0 unspecified atom stereocenters. The first kappa shape index (κ1) is 10.8. The Hall–Kier alpha value is -1.32. The minimum absolute atomic E-state index is 0.269. The SMILES string of the molecule is Cc1ccc(C)c(OCF)c1OCF. The molecule has 4 heteroatoms. The Morgan fingerprint density at radius 3 is 1.57 bits per heavy atom. The van der Waals surface area contributed by atoms with E-state index in [2.05, 4.69) is 0 Å². The first-order valence-corrected chi connectivity index (χ1v) is 4.18. The number of aryl methyl sites for hydroxylation is 2. The molecule has 78 valence electrons. The molecule has 0 heterocycles. The Labute approximate surface area is 81.4 Å². The second kappa shape index (κ2) is 4.79. The summed E-state index contributed by atoms with van der Waals surface area (Å²) in [5, 5.41) is 0. The fraction of sp³-hybridized carbons (Fsp3) is 0.400. The molecule has 0 spiro atoms. The molecule has 0 atom stereocenters. The molecule has 0 amide bonds. The van der Waals surface area contributed by atoms with Crippen LogP contribution in [-0.2, 0) is 0 Å². The van der Waals surface area contributed by atoms with Gasteiger partial charge in [0.1, 0.15) is 0 Å². The maximum Gasteiger partial charge on any atom is 0.228 e. The standard InChI is InChI=1S/C10H12F2O2/c1-7-3-4-8(2)10(14-6-12)9(7)13-5-11/h3-4H,5-6H2,1-2H3. The number of halogens is 2. The molecule has 0 aliphatic heterocycles. The molecular formula is C10H12F2O2. The monoisotopic (exact) mass is 202 g/mol. The lowest BCUT2D eigenvalue weighted by Gasteiger charge is -2.13. The normalized spacial score (nSPS) is 10.0. The van der Waals surface area contributed by atoms with E-state index in [1.165, 1.54) is 0 Å². The molecule has 0 aliphatic carbocycles. The van der Waals surface area contributed by atoms with Gasteiger partial charge in [0.05, 0.1) is 0 Å². The van der Waals surface area contributed by atoms with Crippen LogP contribution >= 0.6 is 0 Å². The Kier molecular flexibility index (Phi) is 3.68. The Morgan fingerprint density at radius 1 is 0.929 bits per heavy atom. The van der Waals surface area contributed by atoms with E-state index >= 15 is 0 Å². The van der Waals surface area contributed by atoms with Crippen molar-refractivity contribution in [3.63, 3.8) is 0 Å². The number of benzene rings is 1. The molecule has 1 rings (SSSR count). The average Bonchev–Trinajstić information content (AvgIpc) is 2.17. The summed E-state index contributed by atoms with van der Waals surface area (Å²) in [5.74, 6) is 0.537. The maximum atomic E-state index is 12.0. The molecule has 0 fully saturated rings. The zero-order valence-electron chi connectivity index (χ0n) is 8.14. The summed E-state index contributed by atoms with van der Waals surface area (Å²) in [6.07, 6.45) is 0. The first-order valence-electron chi connectivity index (χ1n) is 4.18. The molecule has 0 aromatic heterocycles. The van der Waals surface area contributed by atoms with E-state index in [1.54, 1.807) is 26.0 Å². The predicted octanol–water partition coefficient (Wildman–Crippen LogP) is 2.92. The van der Waals surface area contributed by atoms with Gasteiger partial charge in [0.15, 0.2) is 11.5 Å². The van der Waals surface area contributed by atoms with Crippen molar-refractivity contribution >= 4 is 0 Å². The van der Waals surface area contributed by atoms with E-state index in [-0.39, 0.29) is 11.5 Å². The highest BCUT2D eigenvalue weighted by molar-refractivity contribution is 5.50. The highest BCUT2D eigenvalue weighted by Crippen LogP contribution is 2.34. The maximum absolute atomic E-state index is 12.0. The third-order valence-corrected chi connectivity index (χ3v) is 1.90. The van der Waals surface area contributed by atoms with Crippen molar-refractivity contribution in [1.29, 1.82) is 0 Å². The molecule has 0 radical (unpaired) electrons. The second-order valence-corrected chi connectivity index (χ2v) is 2.86. The van der Waals surface area contributed by atoms with Crippen LogP contribution in [0.2, 0.25) is 0 Å². The average molecular weight is 202 g/mol. The number of hydrogen-bond acceptors (Lipinski definition) is 2. The van der Waals surface area contributed by atoms with Crippen molar-refractivity contribution in [2.45, 2.75) is 13.8 Å². The molecule has 0 bridgehead atoms. The number of ether oxygens (including phenoxy) is 2. The van der Waals surface area contributed by atoms with Crippen LogP contribution < -0.4 is 9.47 Å². The van der Waals surface area contributed by atoms with Crippen LogP contribution in [0.4, 0.5) is 8.78 Å². The van der Waals surface area contributed by atoms with Crippen molar-refractivity contribution in [3.05, 3.63) is 23.3 Å². The molecule has 0 saturated heterocycles. The highest BCUT2D eigenvalue weighted by atomic mass is 19.1. The van der Waals surface area contributed by atoms with Gasteiger partial charge in [-0.2, -0.15) is 0 Å². The summed E-state index contributed by atoms with van der Waals surface area (Å²) in [6, 6.07) is 3.54. The van der Waals surface area contributed by atoms with Gasteiger partial charge >= 0.3 is 0 Å². The number of hydrogen-bond donors (Lipinski definition) is 0. The van der Waals surface area contributed by atoms with E-state index in [9.17, 15) is 8.78 Å². The van der Waals surface area contributed by atoms with Crippen LogP contribution in [0.25, 0.3) is 0 Å². The van der Waals surface area contributed by atoms with E-state index in [0.29, 0.717) is 0 Å². The summed E-state index contributed by atoms with van der Waals surface area (Å²) in [4.78, 5) is 0. The van der Waals surface area contributed by atoms with Crippen LogP contribution in [0.15, 0.2) is 12.1 Å².